The highest BCUT2D eigenvalue weighted by atomic mass is 79.9. The highest BCUT2D eigenvalue weighted by Gasteiger charge is 2.20. The number of halogens is 1. The van der Waals surface area contributed by atoms with Gasteiger partial charge in [0.2, 0.25) is 0 Å². The van der Waals surface area contributed by atoms with Crippen LogP contribution in [-0.2, 0) is 0 Å². The summed E-state index contributed by atoms with van der Waals surface area (Å²) in [6.45, 7) is 2.27. The van der Waals surface area contributed by atoms with Crippen LogP contribution >= 0.6 is 15.9 Å². The molecule has 0 atom stereocenters. The van der Waals surface area contributed by atoms with Crippen molar-refractivity contribution in [1.29, 1.82) is 0 Å². The summed E-state index contributed by atoms with van der Waals surface area (Å²) < 4.78 is 0.956. The Morgan fingerprint density at radius 3 is 2.08 bits per heavy atom. The Balaban J connectivity index is 1.61. The van der Waals surface area contributed by atoms with Gasteiger partial charge in [-0.2, -0.15) is 0 Å². The van der Waals surface area contributed by atoms with Crippen LogP contribution in [0.3, 0.4) is 0 Å². The maximum Gasteiger partial charge on any atom is 0.407 e. The summed E-state index contributed by atoms with van der Waals surface area (Å²) in [6, 6.07) is 14.8. The normalized spacial score (nSPS) is 14.3. The first-order valence-electron chi connectivity index (χ1n) is 7.93. The molecular formula is C18H18BrN3O3. The first kappa shape index (κ1) is 17.3. The van der Waals surface area contributed by atoms with E-state index in [0.717, 1.165) is 15.8 Å². The number of nitrogens with zero attached hydrogens (tertiary/aromatic N) is 2. The van der Waals surface area contributed by atoms with Crippen molar-refractivity contribution in [1.82, 2.24) is 4.90 Å². The van der Waals surface area contributed by atoms with Crippen LogP contribution in [0.1, 0.15) is 10.4 Å². The summed E-state index contributed by atoms with van der Waals surface area (Å²) in [4.78, 5) is 26.8. The van der Waals surface area contributed by atoms with Crippen molar-refractivity contribution in [2.24, 2.45) is 0 Å². The molecule has 0 bridgehead atoms. The van der Waals surface area contributed by atoms with E-state index in [9.17, 15) is 9.59 Å². The molecular weight excluding hydrogens is 386 g/mol. The fourth-order valence-electron chi connectivity index (χ4n) is 2.72. The summed E-state index contributed by atoms with van der Waals surface area (Å²) in [5, 5.41) is 11.8. The molecule has 2 aromatic rings. The first-order chi connectivity index (χ1) is 12.0. The molecule has 1 aliphatic heterocycles. The lowest BCUT2D eigenvalue weighted by atomic mass is 10.1. The Kier molecular flexibility index (Phi) is 5.23. The predicted molar refractivity (Wildman–Crippen MR) is 100 cm³/mol. The van der Waals surface area contributed by atoms with Crippen LogP contribution in [0.15, 0.2) is 53.0 Å². The minimum Gasteiger partial charge on any atom is -0.465 e. The van der Waals surface area contributed by atoms with Gasteiger partial charge in [0.1, 0.15) is 0 Å². The van der Waals surface area contributed by atoms with Crippen LogP contribution in [0.5, 0.6) is 0 Å². The number of piperazine rings is 1. The monoisotopic (exact) mass is 403 g/mol. The molecule has 1 heterocycles. The van der Waals surface area contributed by atoms with Crippen LogP contribution in [0, 0.1) is 0 Å². The van der Waals surface area contributed by atoms with E-state index in [4.69, 9.17) is 5.11 Å². The van der Waals surface area contributed by atoms with Crippen molar-refractivity contribution < 1.29 is 14.7 Å². The Hall–Kier alpha value is -2.54. The molecule has 3 rings (SSSR count). The zero-order valence-corrected chi connectivity index (χ0v) is 15.1. The average molecular weight is 404 g/mol. The molecule has 7 heteroatoms. The van der Waals surface area contributed by atoms with Crippen molar-refractivity contribution in [3.8, 4) is 0 Å². The van der Waals surface area contributed by atoms with Gasteiger partial charge in [0.25, 0.3) is 5.91 Å². The zero-order valence-electron chi connectivity index (χ0n) is 13.5. The summed E-state index contributed by atoms with van der Waals surface area (Å²) in [5.74, 6) is -0.162. The highest BCUT2D eigenvalue weighted by molar-refractivity contribution is 9.10. The number of hydrogen-bond donors (Lipinski definition) is 2. The highest BCUT2D eigenvalue weighted by Crippen LogP contribution is 2.19. The van der Waals surface area contributed by atoms with Crippen molar-refractivity contribution >= 4 is 39.3 Å². The quantitative estimate of drug-likeness (QED) is 0.822. The Morgan fingerprint density at radius 2 is 1.52 bits per heavy atom. The van der Waals surface area contributed by atoms with E-state index in [1.807, 2.05) is 36.4 Å². The Bertz CT molecular complexity index is 754. The van der Waals surface area contributed by atoms with Gasteiger partial charge in [0.05, 0.1) is 0 Å². The molecule has 25 heavy (non-hydrogen) atoms. The summed E-state index contributed by atoms with van der Waals surface area (Å²) in [5.41, 5.74) is 2.31. The van der Waals surface area contributed by atoms with Gasteiger partial charge in [-0.25, -0.2) is 4.79 Å². The molecule has 0 aromatic heterocycles. The van der Waals surface area contributed by atoms with E-state index >= 15 is 0 Å². The fraction of sp³-hybridized carbons (Fsp3) is 0.222. The van der Waals surface area contributed by atoms with Crippen LogP contribution in [0.25, 0.3) is 0 Å². The Morgan fingerprint density at radius 1 is 0.920 bits per heavy atom. The average Bonchev–Trinajstić information content (AvgIpc) is 2.64. The van der Waals surface area contributed by atoms with Gasteiger partial charge in [0, 0.05) is 47.6 Å². The van der Waals surface area contributed by atoms with Crippen molar-refractivity contribution in [2.45, 2.75) is 0 Å². The van der Waals surface area contributed by atoms with E-state index in [0.29, 0.717) is 31.7 Å². The van der Waals surface area contributed by atoms with Gasteiger partial charge in [-0.1, -0.05) is 15.9 Å². The van der Waals surface area contributed by atoms with E-state index in [-0.39, 0.29) is 5.91 Å². The van der Waals surface area contributed by atoms with Crippen LogP contribution in [-0.4, -0.2) is 48.2 Å². The summed E-state index contributed by atoms with van der Waals surface area (Å²) >= 11 is 3.36. The number of carboxylic acid groups (broad SMARTS) is 1. The van der Waals surface area contributed by atoms with Gasteiger partial charge in [0.15, 0.2) is 0 Å². The Labute approximate surface area is 154 Å². The molecule has 2 aromatic carbocycles. The second-order valence-corrected chi connectivity index (χ2v) is 6.68. The number of rotatable bonds is 3. The van der Waals surface area contributed by atoms with Gasteiger partial charge in [-0.05, 0) is 48.5 Å². The molecule has 0 unspecified atom stereocenters. The minimum atomic E-state index is -0.875. The minimum absolute atomic E-state index is 0.162. The van der Waals surface area contributed by atoms with E-state index in [1.165, 1.54) is 4.90 Å². The van der Waals surface area contributed by atoms with Crippen LogP contribution in [0.4, 0.5) is 16.2 Å². The molecule has 1 aliphatic rings. The number of nitrogens with one attached hydrogen (secondary N) is 1. The second-order valence-electron chi connectivity index (χ2n) is 5.76. The summed E-state index contributed by atoms with van der Waals surface area (Å²) in [6.07, 6.45) is -0.875. The van der Waals surface area contributed by atoms with E-state index < -0.39 is 6.09 Å². The topological polar surface area (TPSA) is 72.9 Å². The number of anilines is 2. The zero-order chi connectivity index (χ0) is 17.8. The molecule has 0 saturated carbocycles. The maximum absolute atomic E-state index is 12.3. The first-order valence-corrected chi connectivity index (χ1v) is 8.72. The fourth-order valence-corrected chi connectivity index (χ4v) is 2.98. The summed E-state index contributed by atoms with van der Waals surface area (Å²) in [7, 11) is 0. The molecule has 0 spiro atoms. The van der Waals surface area contributed by atoms with Gasteiger partial charge >= 0.3 is 6.09 Å². The third kappa shape index (κ3) is 4.30. The number of carbonyl (C=O) groups is 2. The standard InChI is InChI=1S/C18H18BrN3O3/c19-14-3-5-15(6-4-14)20-17(23)13-1-7-16(8-2-13)21-9-11-22(12-10-21)18(24)25/h1-8H,9-12H2,(H,20,23)(H,24,25). The lowest BCUT2D eigenvalue weighted by Crippen LogP contribution is -2.48. The molecule has 6 nitrogen and oxygen atoms in total. The van der Waals surface area contributed by atoms with Crippen LogP contribution in [0.2, 0.25) is 0 Å². The predicted octanol–water partition coefficient (Wildman–Crippen LogP) is 3.50. The SMILES string of the molecule is O=C(Nc1ccc(Br)cc1)c1ccc(N2CCN(C(=O)O)CC2)cc1. The lowest BCUT2D eigenvalue weighted by Gasteiger charge is -2.34. The molecule has 0 radical (unpaired) electrons. The lowest BCUT2D eigenvalue weighted by molar-refractivity contribution is 0.102. The van der Waals surface area contributed by atoms with Gasteiger partial charge in [-0.3, -0.25) is 4.79 Å². The van der Waals surface area contributed by atoms with Crippen molar-refractivity contribution in [3.05, 3.63) is 58.6 Å². The molecule has 2 N–H and O–H groups in total. The number of hydrogen-bond acceptors (Lipinski definition) is 3. The van der Waals surface area contributed by atoms with Crippen molar-refractivity contribution in [3.63, 3.8) is 0 Å². The molecule has 0 aliphatic carbocycles. The third-order valence-corrected chi connectivity index (χ3v) is 4.68. The van der Waals surface area contributed by atoms with Gasteiger partial charge in [-0.15, -0.1) is 0 Å². The molecule has 2 amide bonds. The third-order valence-electron chi connectivity index (χ3n) is 4.15. The number of carbonyl (C=O) groups excluding carboxylic acids is 1. The molecule has 130 valence electrons. The number of benzene rings is 2. The largest absolute Gasteiger partial charge is 0.465 e. The number of amides is 2. The molecule has 1 fully saturated rings. The van der Waals surface area contributed by atoms with Crippen LogP contribution < -0.4 is 10.2 Å². The second kappa shape index (κ2) is 7.57. The van der Waals surface area contributed by atoms with E-state index in [1.54, 1.807) is 12.1 Å². The van der Waals surface area contributed by atoms with Gasteiger partial charge < -0.3 is 20.2 Å². The smallest absolute Gasteiger partial charge is 0.407 e. The maximum atomic E-state index is 12.3. The van der Waals surface area contributed by atoms with E-state index in [2.05, 4.69) is 26.1 Å². The van der Waals surface area contributed by atoms with Crippen molar-refractivity contribution in [2.75, 3.05) is 36.4 Å². The molecule has 1 saturated heterocycles.